The molecule has 0 aromatic heterocycles. The van der Waals surface area contributed by atoms with Crippen LogP contribution in [0.25, 0.3) is 0 Å². The van der Waals surface area contributed by atoms with Crippen molar-refractivity contribution in [2.75, 3.05) is 13.1 Å². The van der Waals surface area contributed by atoms with E-state index in [1.165, 1.54) is 0 Å². The summed E-state index contributed by atoms with van der Waals surface area (Å²) in [4.78, 5) is 27.1. The zero-order valence-electron chi connectivity index (χ0n) is 14.7. The Balaban J connectivity index is 2.10. The van der Waals surface area contributed by atoms with Crippen LogP contribution in [0.3, 0.4) is 0 Å². The zero-order chi connectivity index (χ0) is 17.0. The summed E-state index contributed by atoms with van der Waals surface area (Å²) in [7, 11) is 0. The maximum absolute atomic E-state index is 12.7. The highest BCUT2D eigenvalue weighted by Gasteiger charge is 2.28. The highest BCUT2D eigenvalue weighted by atomic mass is 16.2. The average Bonchev–Trinajstić information content (AvgIpc) is 3.02. The number of aryl methyl sites for hydroxylation is 2. The number of likely N-dealkylation sites (tertiary alicyclic amines) is 1. The fourth-order valence-corrected chi connectivity index (χ4v) is 2.98. The SMILES string of the molecule is Cc1ccc(C(=O)N[C@@H](CC(C)C)C(=O)N2CCCC2)cc1C. The predicted octanol–water partition coefficient (Wildman–Crippen LogP) is 3.07. The van der Waals surface area contributed by atoms with Crippen molar-refractivity contribution in [1.82, 2.24) is 10.2 Å². The molecule has 23 heavy (non-hydrogen) atoms. The molecule has 126 valence electrons. The fraction of sp³-hybridized carbons (Fsp3) is 0.579. The van der Waals surface area contributed by atoms with E-state index >= 15 is 0 Å². The van der Waals surface area contributed by atoms with E-state index in [0.717, 1.165) is 37.1 Å². The van der Waals surface area contributed by atoms with Gasteiger partial charge in [-0.25, -0.2) is 0 Å². The largest absolute Gasteiger partial charge is 0.341 e. The van der Waals surface area contributed by atoms with Crippen LogP contribution in [-0.4, -0.2) is 35.8 Å². The zero-order valence-corrected chi connectivity index (χ0v) is 14.7. The fourth-order valence-electron chi connectivity index (χ4n) is 2.98. The van der Waals surface area contributed by atoms with Crippen LogP contribution in [0.4, 0.5) is 0 Å². The first kappa shape index (κ1) is 17.5. The number of carbonyl (C=O) groups is 2. The summed E-state index contributed by atoms with van der Waals surface area (Å²) in [5, 5.41) is 2.96. The molecule has 2 amide bonds. The quantitative estimate of drug-likeness (QED) is 0.907. The molecule has 1 fully saturated rings. The first-order valence-electron chi connectivity index (χ1n) is 8.55. The molecule has 0 aliphatic carbocycles. The molecular formula is C19H28N2O2. The van der Waals surface area contributed by atoms with Gasteiger partial charge in [0.2, 0.25) is 5.91 Å². The van der Waals surface area contributed by atoms with Gasteiger partial charge < -0.3 is 10.2 Å². The molecule has 0 saturated carbocycles. The van der Waals surface area contributed by atoms with Crippen molar-refractivity contribution in [3.05, 3.63) is 34.9 Å². The van der Waals surface area contributed by atoms with Crippen molar-refractivity contribution in [2.45, 2.75) is 53.0 Å². The topological polar surface area (TPSA) is 49.4 Å². The van der Waals surface area contributed by atoms with Crippen LogP contribution < -0.4 is 5.32 Å². The van der Waals surface area contributed by atoms with Gasteiger partial charge in [0.25, 0.3) is 5.91 Å². The highest BCUT2D eigenvalue weighted by Crippen LogP contribution is 2.15. The average molecular weight is 316 g/mol. The van der Waals surface area contributed by atoms with E-state index in [9.17, 15) is 9.59 Å². The van der Waals surface area contributed by atoms with Gasteiger partial charge in [-0.3, -0.25) is 9.59 Å². The van der Waals surface area contributed by atoms with Crippen LogP contribution in [-0.2, 0) is 4.79 Å². The Bertz CT molecular complexity index is 575. The lowest BCUT2D eigenvalue weighted by molar-refractivity contribution is -0.132. The minimum atomic E-state index is -0.429. The Morgan fingerprint density at radius 3 is 2.35 bits per heavy atom. The van der Waals surface area contributed by atoms with Gasteiger partial charge in [0, 0.05) is 18.7 Å². The minimum Gasteiger partial charge on any atom is -0.341 e. The number of amides is 2. The minimum absolute atomic E-state index is 0.0633. The van der Waals surface area contributed by atoms with Crippen molar-refractivity contribution in [1.29, 1.82) is 0 Å². The molecule has 1 atom stereocenters. The van der Waals surface area contributed by atoms with Crippen LogP contribution in [0.2, 0.25) is 0 Å². The van der Waals surface area contributed by atoms with E-state index in [0.29, 0.717) is 17.9 Å². The molecule has 0 spiro atoms. The number of nitrogens with zero attached hydrogens (tertiary/aromatic N) is 1. The summed E-state index contributed by atoms with van der Waals surface area (Å²) >= 11 is 0. The van der Waals surface area contributed by atoms with E-state index in [4.69, 9.17) is 0 Å². The summed E-state index contributed by atoms with van der Waals surface area (Å²) < 4.78 is 0. The van der Waals surface area contributed by atoms with Gasteiger partial charge in [0.15, 0.2) is 0 Å². The number of nitrogens with one attached hydrogen (secondary N) is 1. The lowest BCUT2D eigenvalue weighted by Crippen LogP contribution is -2.48. The second-order valence-electron chi connectivity index (χ2n) is 6.99. The van der Waals surface area contributed by atoms with E-state index in [1.54, 1.807) is 0 Å². The first-order chi connectivity index (χ1) is 10.9. The standard InChI is InChI=1S/C19H28N2O2/c1-13(2)11-17(19(23)21-9-5-6-10-21)20-18(22)16-8-7-14(3)15(4)12-16/h7-8,12-13,17H,5-6,9-11H2,1-4H3,(H,20,22)/t17-/m0/s1. The third-order valence-electron chi connectivity index (χ3n) is 4.50. The highest BCUT2D eigenvalue weighted by molar-refractivity contribution is 5.97. The molecule has 2 rings (SSSR count). The Morgan fingerprint density at radius 1 is 1.13 bits per heavy atom. The molecule has 0 unspecified atom stereocenters. The van der Waals surface area contributed by atoms with Gasteiger partial charge in [-0.15, -0.1) is 0 Å². The molecular weight excluding hydrogens is 288 g/mol. The molecule has 1 N–H and O–H groups in total. The van der Waals surface area contributed by atoms with Gasteiger partial charge in [-0.05, 0) is 62.3 Å². The monoisotopic (exact) mass is 316 g/mol. The first-order valence-corrected chi connectivity index (χ1v) is 8.55. The normalized spacial score (nSPS) is 15.8. The molecule has 4 heteroatoms. The third kappa shape index (κ3) is 4.57. The maximum Gasteiger partial charge on any atom is 0.251 e. The van der Waals surface area contributed by atoms with Crippen LogP contribution >= 0.6 is 0 Å². The molecule has 1 heterocycles. The summed E-state index contributed by atoms with van der Waals surface area (Å²) in [6.45, 7) is 9.79. The summed E-state index contributed by atoms with van der Waals surface area (Å²) in [5.41, 5.74) is 2.87. The van der Waals surface area contributed by atoms with Crippen LogP contribution in [0.1, 0.15) is 54.6 Å². The molecule has 1 aromatic rings. The van der Waals surface area contributed by atoms with Crippen LogP contribution in [0, 0.1) is 19.8 Å². The molecule has 0 radical (unpaired) electrons. The summed E-state index contributed by atoms with van der Waals surface area (Å²) in [6.07, 6.45) is 2.79. The Hall–Kier alpha value is -1.84. The third-order valence-corrected chi connectivity index (χ3v) is 4.50. The second kappa shape index (κ2) is 7.62. The number of carbonyl (C=O) groups excluding carboxylic acids is 2. The lowest BCUT2D eigenvalue weighted by atomic mass is 10.0. The Labute approximate surface area is 139 Å². The van der Waals surface area contributed by atoms with Gasteiger partial charge in [0.05, 0.1) is 0 Å². The van der Waals surface area contributed by atoms with Crippen molar-refractivity contribution >= 4 is 11.8 Å². The van der Waals surface area contributed by atoms with Gasteiger partial charge >= 0.3 is 0 Å². The van der Waals surface area contributed by atoms with Crippen LogP contribution in [0.15, 0.2) is 18.2 Å². The lowest BCUT2D eigenvalue weighted by Gasteiger charge is -2.25. The molecule has 4 nitrogen and oxygen atoms in total. The Morgan fingerprint density at radius 2 is 1.78 bits per heavy atom. The van der Waals surface area contributed by atoms with Gasteiger partial charge in [-0.2, -0.15) is 0 Å². The van der Waals surface area contributed by atoms with E-state index in [2.05, 4.69) is 19.2 Å². The summed E-state index contributed by atoms with van der Waals surface area (Å²) in [5.74, 6) is 0.256. The maximum atomic E-state index is 12.7. The van der Waals surface area contributed by atoms with Crippen molar-refractivity contribution in [2.24, 2.45) is 5.92 Å². The van der Waals surface area contributed by atoms with Crippen molar-refractivity contribution < 1.29 is 9.59 Å². The van der Waals surface area contributed by atoms with Gasteiger partial charge in [0.1, 0.15) is 6.04 Å². The Kier molecular flexibility index (Phi) is 5.80. The van der Waals surface area contributed by atoms with Crippen LogP contribution in [0.5, 0.6) is 0 Å². The molecule has 1 saturated heterocycles. The molecule has 1 aliphatic heterocycles. The molecule has 0 bridgehead atoms. The van der Waals surface area contributed by atoms with Crippen molar-refractivity contribution in [3.63, 3.8) is 0 Å². The predicted molar refractivity (Wildman–Crippen MR) is 92.4 cm³/mol. The molecule has 1 aliphatic rings. The number of hydrogen-bond acceptors (Lipinski definition) is 2. The van der Waals surface area contributed by atoms with Crippen molar-refractivity contribution in [3.8, 4) is 0 Å². The van der Waals surface area contributed by atoms with Gasteiger partial charge in [-0.1, -0.05) is 19.9 Å². The number of rotatable bonds is 5. The second-order valence-corrected chi connectivity index (χ2v) is 6.99. The number of benzene rings is 1. The smallest absolute Gasteiger partial charge is 0.251 e. The van der Waals surface area contributed by atoms with E-state index < -0.39 is 6.04 Å². The van der Waals surface area contributed by atoms with E-state index in [-0.39, 0.29) is 11.8 Å². The number of hydrogen-bond donors (Lipinski definition) is 1. The van der Waals surface area contributed by atoms with E-state index in [1.807, 2.05) is 36.9 Å². The summed E-state index contributed by atoms with van der Waals surface area (Å²) in [6, 6.07) is 5.23. The molecule has 1 aromatic carbocycles.